The summed E-state index contributed by atoms with van der Waals surface area (Å²) in [5.41, 5.74) is 2.44. The summed E-state index contributed by atoms with van der Waals surface area (Å²) in [6.45, 7) is 0.438. The number of pyridine rings is 1. The Morgan fingerprint density at radius 1 is 1.21 bits per heavy atom. The highest BCUT2D eigenvalue weighted by molar-refractivity contribution is 5.92. The summed E-state index contributed by atoms with van der Waals surface area (Å²) in [6, 6.07) is 11.1. The number of hydrogen-bond acceptors (Lipinski definition) is 7. The van der Waals surface area contributed by atoms with Crippen LogP contribution in [-0.2, 0) is 20.9 Å². The topological polar surface area (TPSA) is 113 Å². The van der Waals surface area contributed by atoms with Crippen LogP contribution in [0.25, 0.3) is 0 Å². The average molecular weight is 455 g/mol. The standard InChI is InChI=1S/C24H30N4O5/c1-28(2)13-23(31)27-15-6-7-20-18(9-15)19-10-17(32-21(14-29)24(19)33-20)11-22(30)26-12-16-5-3-4-8-25-16/h3-9,17,19,21,24,29H,10-14H2,1-2H3,(H,26,30)(H,27,31)/t17-,19-,21-,24+/m0/s1. The number of nitrogens with one attached hydrogen (secondary N) is 2. The quantitative estimate of drug-likeness (QED) is 0.551. The monoisotopic (exact) mass is 454 g/mol. The van der Waals surface area contributed by atoms with E-state index in [-0.39, 0.29) is 49.5 Å². The van der Waals surface area contributed by atoms with Gasteiger partial charge in [-0.2, -0.15) is 0 Å². The first-order valence-corrected chi connectivity index (χ1v) is 11.1. The van der Waals surface area contributed by atoms with Crippen LogP contribution in [0.3, 0.4) is 0 Å². The largest absolute Gasteiger partial charge is 0.487 e. The number of aromatic nitrogens is 1. The molecule has 1 fully saturated rings. The third kappa shape index (κ3) is 5.68. The zero-order valence-corrected chi connectivity index (χ0v) is 18.9. The molecule has 2 aliphatic heterocycles. The number of amides is 2. The van der Waals surface area contributed by atoms with Gasteiger partial charge >= 0.3 is 0 Å². The molecule has 2 amide bonds. The van der Waals surface area contributed by atoms with E-state index in [9.17, 15) is 14.7 Å². The summed E-state index contributed by atoms with van der Waals surface area (Å²) >= 11 is 0. The third-order valence-corrected chi connectivity index (χ3v) is 5.85. The lowest BCUT2D eigenvalue weighted by atomic mass is 9.84. The van der Waals surface area contributed by atoms with E-state index < -0.39 is 6.10 Å². The lowest BCUT2D eigenvalue weighted by molar-refractivity contribution is -0.142. The van der Waals surface area contributed by atoms with Crippen molar-refractivity contribution >= 4 is 17.5 Å². The Labute approximate surface area is 193 Å². The highest BCUT2D eigenvalue weighted by atomic mass is 16.6. The van der Waals surface area contributed by atoms with Gasteiger partial charge in [0, 0.05) is 23.4 Å². The molecule has 0 unspecified atom stereocenters. The zero-order chi connectivity index (χ0) is 23.4. The molecule has 1 saturated heterocycles. The minimum atomic E-state index is -0.531. The van der Waals surface area contributed by atoms with E-state index >= 15 is 0 Å². The van der Waals surface area contributed by atoms with Crippen molar-refractivity contribution in [1.29, 1.82) is 0 Å². The molecule has 0 aliphatic carbocycles. The number of fused-ring (bicyclic) bond motifs is 3. The molecule has 4 rings (SSSR count). The van der Waals surface area contributed by atoms with E-state index in [1.54, 1.807) is 17.2 Å². The van der Waals surface area contributed by atoms with Crippen LogP contribution < -0.4 is 15.4 Å². The SMILES string of the molecule is CN(C)CC(=O)Nc1ccc2c(c1)[C@@H]1C[C@@H](CC(=O)NCc3ccccn3)O[C@@H](CO)[C@@H]1O2. The van der Waals surface area contributed by atoms with Gasteiger partial charge in [0.25, 0.3) is 0 Å². The molecule has 9 heteroatoms. The van der Waals surface area contributed by atoms with Crippen LogP contribution in [0.2, 0.25) is 0 Å². The van der Waals surface area contributed by atoms with E-state index in [0.29, 0.717) is 18.7 Å². The van der Waals surface area contributed by atoms with Crippen LogP contribution in [0.15, 0.2) is 42.6 Å². The van der Waals surface area contributed by atoms with Crippen molar-refractivity contribution in [1.82, 2.24) is 15.2 Å². The summed E-state index contributed by atoms with van der Waals surface area (Å²) < 4.78 is 12.1. The first kappa shape index (κ1) is 23.2. The van der Waals surface area contributed by atoms with E-state index in [4.69, 9.17) is 9.47 Å². The van der Waals surface area contributed by atoms with Gasteiger partial charge in [-0.15, -0.1) is 0 Å². The summed E-state index contributed by atoms with van der Waals surface area (Å²) in [6.07, 6.45) is 1.24. The van der Waals surface area contributed by atoms with Crippen molar-refractivity contribution in [2.24, 2.45) is 0 Å². The molecular formula is C24H30N4O5. The number of anilines is 1. The number of carbonyl (C=O) groups is 2. The highest BCUT2D eigenvalue weighted by Gasteiger charge is 2.46. The summed E-state index contributed by atoms with van der Waals surface area (Å²) in [4.78, 5) is 30.7. The Kier molecular flexibility index (Phi) is 7.22. The average Bonchev–Trinajstić information content (AvgIpc) is 3.15. The van der Waals surface area contributed by atoms with Crippen molar-refractivity contribution in [2.75, 3.05) is 32.6 Å². The molecule has 3 N–H and O–H groups in total. The van der Waals surface area contributed by atoms with Gasteiger partial charge < -0.3 is 30.1 Å². The van der Waals surface area contributed by atoms with Crippen LogP contribution in [0.5, 0.6) is 5.75 Å². The molecule has 176 valence electrons. The molecule has 2 aromatic rings. The molecule has 0 spiro atoms. The summed E-state index contributed by atoms with van der Waals surface area (Å²) in [5.74, 6) is 0.450. The van der Waals surface area contributed by atoms with Crippen molar-refractivity contribution in [2.45, 2.75) is 43.6 Å². The van der Waals surface area contributed by atoms with Crippen molar-refractivity contribution in [3.8, 4) is 5.75 Å². The minimum absolute atomic E-state index is 0.0369. The van der Waals surface area contributed by atoms with Crippen molar-refractivity contribution in [3.05, 3.63) is 53.9 Å². The molecule has 1 aromatic heterocycles. The van der Waals surface area contributed by atoms with Gasteiger partial charge in [-0.05, 0) is 50.8 Å². The molecule has 1 aromatic carbocycles. The molecule has 3 heterocycles. The van der Waals surface area contributed by atoms with Crippen LogP contribution in [0.4, 0.5) is 5.69 Å². The number of benzene rings is 1. The van der Waals surface area contributed by atoms with E-state index in [0.717, 1.165) is 17.0 Å². The normalized spacial score (nSPS) is 23.4. The van der Waals surface area contributed by atoms with Crippen molar-refractivity contribution in [3.63, 3.8) is 0 Å². The van der Waals surface area contributed by atoms with Gasteiger partial charge in [-0.1, -0.05) is 6.07 Å². The predicted octanol–water partition coefficient (Wildman–Crippen LogP) is 1.28. The number of aliphatic hydroxyl groups is 1. The zero-order valence-electron chi connectivity index (χ0n) is 18.9. The molecule has 2 aliphatic rings. The number of rotatable bonds is 8. The molecule has 9 nitrogen and oxygen atoms in total. The van der Waals surface area contributed by atoms with E-state index in [1.165, 1.54) is 0 Å². The maximum Gasteiger partial charge on any atom is 0.238 e. The van der Waals surface area contributed by atoms with Gasteiger partial charge in [-0.25, -0.2) is 0 Å². The first-order chi connectivity index (χ1) is 15.9. The lowest BCUT2D eigenvalue weighted by Crippen LogP contribution is -2.47. The maximum absolute atomic E-state index is 12.5. The fraction of sp³-hybridized carbons (Fsp3) is 0.458. The van der Waals surface area contributed by atoms with Gasteiger partial charge in [-0.3, -0.25) is 14.6 Å². The lowest BCUT2D eigenvalue weighted by Gasteiger charge is -2.37. The predicted molar refractivity (Wildman–Crippen MR) is 122 cm³/mol. The molecule has 0 bridgehead atoms. The molecular weight excluding hydrogens is 424 g/mol. The summed E-state index contributed by atoms with van der Waals surface area (Å²) in [5, 5.41) is 15.7. The number of likely N-dealkylation sites (N-methyl/N-ethyl adjacent to an activating group) is 1. The van der Waals surface area contributed by atoms with Gasteiger partial charge in [0.15, 0.2) is 0 Å². The highest BCUT2D eigenvalue weighted by Crippen LogP contribution is 2.47. The number of hydrogen-bond donors (Lipinski definition) is 3. The minimum Gasteiger partial charge on any atom is -0.487 e. The Morgan fingerprint density at radius 2 is 2.06 bits per heavy atom. The second-order valence-electron chi connectivity index (χ2n) is 8.74. The first-order valence-electron chi connectivity index (χ1n) is 11.1. The van der Waals surface area contributed by atoms with Gasteiger partial charge in [0.2, 0.25) is 11.8 Å². The van der Waals surface area contributed by atoms with E-state index in [2.05, 4.69) is 15.6 Å². The van der Waals surface area contributed by atoms with Crippen molar-refractivity contribution < 1.29 is 24.2 Å². The molecule has 0 saturated carbocycles. The van der Waals surface area contributed by atoms with Crippen LogP contribution in [-0.4, -0.2) is 72.4 Å². The fourth-order valence-corrected chi connectivity index (χ4v) is 4.43. The van der Waals surface area contributed by atoms with Gasteiger partial charge in [0.1, 0.15) is 18.0 Å². The number of aliphatic hydroxyl groups excluding tert-OH is 1. The number of nitrogens with zero attached hydrogens (tertiary/aromatic N) is 2. The van der Waals surface area contributed by atoms with Crippen LogP contribution in [0, 0.1) is 0 Å². The maximum atomic E-state index is 12.5. The number of carbonyl (C=O) groups excluding carboxylic acids is 2. The Morgan fingerprint density at radius 3 is 2.79 bits per heavy atom. The third-order valence-electron chi connectivity index (χ3n) is 5.85. The van der Waals surface area contributed by atoms with E-state index in [1.807, 2.05) is 44.4 Å². The van der Waals surface area contributed by atoms with Crippen LogP contribution in [0.1, 0.15) is 30.0 Å². The second-order valence-corrected chi connectivity index (χ2v) is 8.74. The number of ether oxygens (including phenoxy) is 2. The second kappa shape index (κ2) is 10.3. The molecule has 33 heavy (non-hydrogen) atoms. The van der Waals surface area contributed by atoms with Crippen LogP contribution >= 0.6 is 0 Å². The Hall–Kier alpha value is -3.01. The molecule has 0 radical (unpaired) electrons. The summed E-state index contributed by atoms with van der Waals surface area (Å²) in [7, 11) is 3.68. The smallest absolute Gasteiger partial charge is 0.238 e. The fourth-order valence-electron chi connectivity index (χ4n) is 4.43. The Balaban J connectivity index is 1.42. The Bertz CT molecular complexity index is 984. The molecule has 4 atom stereocenters. The van der Waals surface area contributed by atoms with Gasteiger partial charge in [0.05, 0.1) is 37.9 Å².